The van der Waals surface area contributed by atoms with E-state index in [1.807, 2.05) is 12.3 Å². The van der Waals surface area contributed by atoms with Gasteiger partial charge in [0.05, 0.1) is 5.01 Å². The maximum Gasteiger partial charge on any atom is 0.0925 e. The van der Waals surface area contributed by atoms with Gasteiger partial charge >= 0.3 is 0 Å². The number of benzene rings is 1. The molecule has 1 aromatic carbocycles. The highest BCUT2D eigenvalue weighted by Gasteiger charge is 2.00. The van der Waals surface area contributed by atoms with Crippen LogP contribution >= 0.6 is 27.3 Å². The fourth-order valence-electron chi connectivity index (χ4n) is 1.57. The Balaban J connectivity index is 1.83. The van der Waals surface area contributed by atoms with Gasteiger partial charge in [-0.2, -0.15) is 0 Å². The Morgan fingerprint density at radius 3 is 2.94 bits per heavy atom. The van der Waals surface area contributed by atoms with Crippen LogP contribution in [0.5, 0.6) is 0 Å². The van der Waals surface area contributed by atoms with Crippen LogP contribution in [0.3, 0.4) is 0 Å². The molecule has 0 spiro atoms. The molecule has 0 fully saturated rings. The third-order valence-corrected chi connectivity index (χ3v) is 4.06. The highest BCUT2D eigenvalue weighted by atomic mass is 79.9. The maximum absolute atomic E-state index is 4.35. The number of aryl methyl sites for hydroxylation is 1. The van der Waals surface area contributed by atoms with Crippen molar-refractivity contribution in [3.8, 4) is 0 Å². The molecular weight excluding hydrogens is 296 g/mol. The lowest BCUT2D eigenvalue weighted by Crippen LogP contribution is -2.11. The van der Waals surface area contributed by atoms with E-state index in [1.54, 1.807) is 11.3 Å². The van der Waals surface area contributed by atoms with Crippen molar-refractivity contribution in [3.05, 3.63) is 50.4 Å². The first-order valence-electron chi connectivity index (χ1n) is 5.66. The van der Waals surface area contributed by atoms with Crippen LogP contribution in [-0.4, -0.2) is 4.98 Å². The van der Waals surface area contributed by atoms with E-state index in [-0.39, 0.29) is 0 Å². The summed E-state index contributed by atoms with van der Waals surface area (Å²) in [6.45, 7) is 3.92. The Bertz CT molecular complexity index is 482. The number of nitrogens with one attached hydrogen (secondary N) is 1. The second-order valence-electron chi connectivity index (χ2n) is 3.81. The van der Waals surface area contributed by atoms with Crippen LogP contribution < -0.4 is 5.32 Å². The number of nitrogens with zero attached hydrogens (tertiary/aromatic N) is 1. The number of aromatic nitrogens is 1. The summed E-state index contributed by atoms with van der Waals surface area (Å²) in [4.78, 5) is 5.65. The van der Waals surface area contributed by atoms with Crippen molar-refractivity contribution in [3.63, 3.8) is 0 Å². The van der Waals surface area contributed by atoms with Gasteiger partial charge in [0.25, 0.3) is 0 Å². The first-order valence-corrected chi connectivity index (χ1v) is 7.27. The zero-order valence-electron chi connectivity index (χ0n) is 9.74. The Morgan fingerprint density at radius 2 is 2.24 bits per heavy atom. The number of hydrogen-bond acceptors (Lipinski definition) is 3. The average molecular weight is 311 g/mol. The van der Waals surface area contributed by atoms with Gasteiger partial charge in [0.1, 0.15) is 0 Å². The van der Waals surface area contributed by atoms with Crippen LogP contribution in [0.2, 0.25) is 0 Å². The van der Waals surface area contributed by atoms with Gasteiger partial charge in [-0.05, 0) is 24.1 Å². The molecule has 0 saturated carbocycles. The molecule has 0 bridgehead atoms. The first-order chi connectivity index (χ1) is 8.28. The van der Waals surface area contributed by atoms with Crippen molar-refractivity contribution in [1.29, 1.82) is 0 Å². The van der Waals surface area contributed by atoms with Gasteiger partial charge in [-0.25, -0.2) is 4.98 Å². The Kier molecular flexibility index (Phi) is 4.71. The van der Waals surface area contributed by atoms with Crippen molar-refractivity contribution < 1.29 is 0 Å². The zero-order valence-corrected chi connectivity index (χ0v) is 12.1. The molecule has 17 heavy (non-hydrogen) atoms. The molecule has 0 radical (unpaired) electrons. The number of rotatable bonds is 5. The summed E-state index contributed by atoms with van der Waals surface area (Å²) in [5.41, 5.74) is 1.29. The van der Waals surface area contributed by atoms with Crippen LogP contribution in [-0.2, 0) is 19.5 Å². The fourth-order valence-corrected chi connectivity index (χ4v) is 2.85. The predicted molar refractivity (Wildman–Crippen MR) is 76.2 cm³/mol. The molecule has 90 valence electrons. The molecule has 0 aliphatic heterocycles. The first kappa shape index (κ1) is 12.7. The van der Waals surface area contributed by atoms with Crippen molar-refractivity contribution in [2.75, 3.05) is 0 Å². The van der Waals surface area contributed by atoms with Gasteiger partial charge in [0.2, 0.25) is 0 Å². The molecule has 1 aromatic heterocycles. The second-order valence-corrected chi connectivity index (χ2v) is 5.92. The van der Waals surface area contributed by atoms with Gasteiger partial charge in [0.15, 0.2) is 0 Å². The van der Waals surface area contributed by atoms with E-state index in [9.17, 15) is 0 Å². The van der Waals surface area contributed by atoms with E-state index in [1.165, 1.54) is 15.4 Å². The normalized spacial score (nSPS) is 10.7. The molecule has 0 amide bonds. The lowest BCUT2D eigenvalue weighted by molar-refractivity contribution is 0.700. The summed E-state index contributed by atoms with van der Waals surface area (Å²) in [5.74, 6) is 0. The molecule has 1 heterocycles. The average Bonchev–Trinajstić information content (AvgIpc) is 2.77. The van der Waals surface area contributed by atoms with E-state index in [2.05, 4.69) is 51.4 Å². The van der Waals surface area contributed by atoms with Crippen LogP contribution in [0.4, 0.5) is 0 Å². The standard InChI is InChI=1S/C13H15BrN2S/c1-2-13-16-9-12(17-13)8-15-7-10-4-3-5-11(14)6-10/h3-6,9,15H,2,7-8H2,1H3. The third kappa shape index (κ3) is 3.91. The number of thiazole rings is 1. The van der Waals surface area contributed by atoms with Gasteiger partial charge in [-0.15, -0.1) is 11.3 Å². The molecule has 0 atom stereocenters. The molecule has 0 aliphatic carbocycles. The Labute approximate surface area is 114 Å². The maximum atomic E-state index is 4.35. The monoisotopic (exact) mass is 310 g/mol. The summed E-state index contributed by atoms with van der Waals surface area (Å²) >= 11 is 5.26. The van der Waals surface area contributed by atoms with E-state index < -0.39 is 0 Å². The summed E-state index contributed by atoms with van der Waals surface area (Å²) in [6, 6.07) is 8.36. The minimum atomic E-state index is 0.888. The Hall–Kier alpha value is -0.710. The van der Waals surface area contributed by atoms with E-state index >= 15 is 0 Å². The largest absolute Gasteiger partial charge is 0.308 e. The molecular formula is C13H15BrN2S. The Morgan fingerprint density at radius 1 is 1.35 bits per heavy atom. The van der Waals surface area contributed by atoms with Crippen molar-refractivity contribution >= 4 is 27.3 Å². The van der Waals surface area contributed by atoms with Crippen LogP contribution in [0.1, 0.15) is 22.4 Å². The topological polar surface area (TPSA) is 24.9 Å². The van der Waals surface area contributed by atoms with Gasteiger partial charge in [0, 0.05) is 28.6 Å². The fraction of sp³-hybridized carbons (Fsp3) is 0.308. The number of hydrogen-bond donors (Lipinski definition) is 1. The van der Waals surface area contributed by atoms with E-state index in [0.29, 0.717) is 0 Å². The van der Waals surface area contributed by atoms with Crippen LogP contribution in [0, 0.1) is 0 Å². The predicted octanol–water partition coefficient (Wildman–Crippen LogP) is 3.76. The van der Waals surface area contributed by atoms with E-state index in [4.69, 9.17) is 0 Å². The second kappa shape index (κ2) is 6.28. The molecule has 2 rings (SSSR count). The SMILES string of the molecule is CCc1ncc(CNCc2cccc(Br)c2)s1. The van der Waals surface area contributed by atoms with Gasteiger partial charge in [-0.1, -0.05) is 35.0 Å². The molecule has 1 N–H and O–H groups in total. The lowest BCUT2D eigenvalue weighted by Gasteiger charge is -2.03. The molecule has 4 heteroatoms. The van der Waals surface area contributed by atoms with Gasteiger partial charge in [-0.3, -0.25) is 0 Å². The minimum absolute atomic E-state index is 0.888. The smallest absolute Gasteiger partial charge is 0.0925 e. The van der Waals surface area contributed by atoms with Gasteiger partial charge < -0.3 is 5.32 Å². The molecule has 0 aliphatic rings. The van der Waals surface area contributed by atoms with Crippen LogP contribution in [0.15, 0.2) is 34.9 Å². The number of halogens is 1. The van der Waals surface area contributed by atoms with Crippen molar-refractivity contribution in [1.82, 2.24) is 10.3 Å². The summed E-state index contributed by atoms with van der Waals surface area (Å²) in [5, 5.41) is 4.64. The molecule has 2 nitrogen and oxygen atoms in total. The summed E-state index contributed by atoms with van der Waals surface area (Å²) in [6.07, 6.45) is 2.99. The van der Waals surface area contributed by atoms with Crippen LogP contribution in [0.25, 0.3) is 0 Å². The summed E-state index contributed by atoms with van der Waals surface area (Å²) < 4.78 is 1.13. The highest BCUT2D eigenvalue weighted by molar-refractivity contribution is 9.10. The summed E-state index contributed by atoms with van der Waals surface area (Å²) in [7, 11) is 0. The minimum Gasteiger partial charge on any atom is -0.308 e. The van der Waals surface area contributed by atoms with Crippen molar-refractivity contribution in [2.24, 2.45) is 0 Å². The third-order valence-electron chi connectivity index (χ3n) is 2.42. The molecule has 0 unspecified atom stereocenters. The quantitative estimate of drug-likeness (QED) is 0.909. The molecule has 0 saturated heterocycles. The lowest BCUT2D eigenvalue weighted by atomic mass is 10.2. The zero-order chi connectivity index (χ0) is 12.1. The van der Waals surface area contributed by atoms with E-state index in [0.717, 1.165) is 24.0 Å². The highest BCUT2D eigenvalue weighted by Crippen LogP contribution is 2.14. The molecule has 2 aromatic rings. The van der Waals surface area contributed by atoms with Crippen molar-refractivity contribution in [2.45, 2.75) is 26.4 Å².